The van der Waals surface area contributed by atoms with Crippen molar-refractivity contribution in [3.05, 3.63) is 81.4 Å². The van der Waals surface area contributed by atoms with Gasteiger partial charge in [0, 0.05) is 59.9 Å². The monoisotopic (exact) mass is 498 g/mol. The van der Waals surface area contributed by atoms with Crippen molar-refractivity contribution >= 4 is 32.3 Å². The molecule has 180 valence electrons. The second-order valence-corrected chi connectivity index (χ2v) is 10.7. The van der Waals surface area contributed by atoms with Crippen molar-refractivity contribution in [2.45, 2.75) is 12.3 Å². The fourth-order valence-corrected chi connectivity index (χ4v) is 5.46. The second-order valence-electron chi connectivity index (χ2n) is 8.61. The van der Waals surface area contributed by atoms with Crippen molar-refractivity contribution in [1.29, 1.82) is 0 Å². The number of nitrogens with zero attached hydrogens (tertiary/aromatic N) is 2. The standard InChI is InChI=1S/C24H20F2N4O4S/c1-29-10-16-14-7-12(11-35(2,33)34)3-5-18(14)28-9-15-20(16)22(24(29)32)30(21(15)23(27)31)19-6-4-13(25)8-17(19)26/h3-8,10,28H,9,11H2,1-2H3,(H2,27,31). The molecule has 1 aliphatic heterocycles. The Kier molecular flexibility index (Phi) is 5.06. The van der Waals surface area contributed by atoms with E-state index in [0.29, 0.717) is 39.4 Å². The molecule has 0 fully saturated rings. The van der Waals surface area contributed by atoms with Crippen LogP contribution in [0.4, 0.5) is 14.5 Å². The molecule has 2 aromatic heterocycles. The summed E-state index contributed by atoms with van der Waals surface area (Å²) >= 11 is 0. The van der Waals surface area contributed by atoms with Crippen LogP contribution in [0.5, 0.6) is 0 Å². The summed E-state index contributed by atoms with van der Waals surface area (Å²) in [5.74, 6) is -2.86. The third-order valence-electron chi connectivity index (χ3n) is 6.03. The largest absolute Gasteiger partial charge is 0.380 e. The lowest BCUT2D eigenvalue weighted by Gasteiger charge is -2.15. The lowest BCUT2D eigenvalue weighted by Crippen LogP contribution is -2.23. The number of pyridine rings is 1. The van der Waals surface area contributed by atoms with Crippen molar-refractivity contribution < 1.29 is 22.0 Å². The van der Waals surface area contributed by atoms with Crippen LogP contribution in [0.25, 0.3) is 27.7 Å². The molecule has 3 N–H and O–H groups in total. The van der Waals surface area contributed by atoms with Crippen LogP contribution in [0.2, 0.25) is 0 Å². The molecule has 1 amide bonds. The minimum absolute atomic E-state index is 0.00229. The Labute approximate surface area is 198 Å². The predicted octanol–water partition coefficient (Wildman–Crippen LogP) is 2.84. The zero-order valence-electron chi connectivity index (χ0n) is 18.7. The predicted molar refractivity (Wildman–Crippen MR) is 128 cm³/mol. The van der Waals surface area contributed by atoms with E-state index in [1.165, 1.54) is 11.6 Å². The summed E-state index contributed by atoms with van der Waals surface area (Å²) in [6, 6.07) is 7.96. The van der Waals surface area contributed by atoms with E-state index in [-0.39, 0.29) is 29.2 Å². The molecule has 2 aromatic carbocycles. The van der Waals surface area contributed by atoms with Crippen LogP contribution in [-0.2, 0) is 29.2 Å². The van der Waals surface area contributed by atoms with Crippen LogP contribution in [0.15, 0.2) is 47.4 Å². The van der Waals surface area contributed by atoms with Gasteiger partial charge in [0.25, 0.3) is 11.5 Å². The normalized spacial score (nSPS) is 12.8. The number of carbonyl (C=O) groups excluding carboxylic acids is 1. The molecule has 0 spiro atoms. The maximum atomic E-state index is 14.9. The van der Waals surface area contributed by atoms with Crippen LogP contribution in [-0.4, -0.2) is 29.7 Å². The van der Waals surface area contributed by atoms with Gasteiger partial charge in [0.15, 0.2) is 9.84 Å². The van der Waals surface area contributed by atoms with Crippen LogP contribution in [0, 0.1) is 11.6 Å². The molecule has 5 rings (SSSR count). The quantitative estimate of drug-likeness (QED) is 0.449. The first-order chi connectivity index (χ1) is 16.5. The molecule has 11 heteroatoms. The van der Waals surface area contributed by atoms with Gasteiger partial charge in [-0.2, -0.15) is 0 Å². The number of carbonyl (C=O) groups is 1. The van der Waals surface area contributed by atoms with Crippen molar-refractivity contribution in [2.24, 2.45) is 12.8 Å². The van der Waals surface area contributed by atoms with Crippen LogP contribution < -0.4 is 16.6 Å². The van der Waals surface area contributed by atoms with Gasteiger partial charge in [-0.3, -0.25) is 14.2 Å². The second kappa shape index (κ2) is 7.77. The zero-order valence-corrected chi connectivity index (χ0v) is 19.5. The number of hydrogen-bond acceptors (Lipinski definition) is 5. The molecule has 3 heterocycles. The maximum Gasteiger partial charge on any atom is 0.275 e. The zero-order chi connectivity index (χ0) is 25.2. The molecule has 0 bridgehead atoms. The summed E-state index contributed by atoms with van der Waals surface area (Å²) in [6.45, 7) is 0.0865. The lowest BCUT2D eigenvalue weighted by molar-refractivity contribution is 0.0993. The van der Waals surface area contributed by atoms with Crippen molar-refractivity contribution in [2.75, 3.05) is 11.6 Å². The molecule has 0 saturated heterocycles. The fourth-order valence-electron chi connectivity index (χ4n) is 4.68. The third-order valence-corrected chi connectivity index (χ3v) is 6.89. The highest BCUT2D eigenvalue weighted by Crippen LogP contribution is 2.41. The Bertz CT molecular complexity index is 1740. The minimum atomic E-state index is -3.31. The van der Waals surface area contributed by atoms with Gasteiger partial charge in [0.1, 0.15) is 22.8 Å². The van der Waals surface area contributed by atoms with Crippen molar-refractivity contribution in [3.63, 3.8) is 0 Å². The topological polar surface area (TPSA) is 116 Å². The first-order valence-corrected chi connectivity index (χ1v) is 12.6. The smallest absolute Gasteiger partial charge is 0.275 e. The fraction of sp³-hybridized carbons (Fsp3) is 0.167. The number of nitrogens with one attached hydrogen (secondary N) is 1. The van der Waals surface area contributed by atoms with E-state index in [1.807, 2.05) is 0 Å². The number of rotatable bonds is 4. The number of primary amides is 1. The van der Waals surface area contributed by atoms with Gasteiger partial charge in [0.2, 0.25) is 0 Å². The van der Waals surface area contributed by atoms with E-state index in [0.717, 1.165) is 23.0 Å². The van der Waals surface area contributed by atoms with Gasteiger partial charge >= 0.3 is 0 Å². The van der Waals surface area contributed by atoms with Gasteiger partial charge in [-0.05, 0) is 29.8 Å². The molecular weight excluding hydrogens is 478 g/mol. The number of aryl methyl sites for hydroxylation is 1. The van der Waals surface area contributed by atoms with Gasteiger partial charge < -0.3 is 15.6 Å². The molecule has 0 saturated carbocycles. The van der Waals surface area contributed by atoms with E-state index < -0.39 is 32.9 Å². The molecule has 1 aliphatic rings. The summed E-state index contributed by atoms with van der Waals surface area (Å²) in [6.07, 6.45) is 2.72. The molecule has 0 atom stereocenters. The Morgan fingerprint density at radius 3 is 2.54 bits per heavy atom. The highest BCUT2D eigenvalue weighted by Gasteiger charge is 2.30. The molecule has 0 radical (unpaired) electrons. The van der Waals surface area contributed by atoms with E-state index in [1.54, 1.807) is 24.4 Å². The molecule has 8 nitrogen and oxygen atoms in total. The minimum Gasteiger partial charge on any atom is -0.380 e. The number of benzene rings is 2. The van der Waals surface area contributed by atoms with Gasteiger partial charge in [-0.1, -0.05) is 6.07 Å². The van der Waals surface area contributed by atoms with Gasteiger partial charge in [-0.15, -0.1) is 0 Å². The lowest BCUT2D eigenvalue weighted by atomic mass is 9.99. The average molecular weight is 499 g/mol. The maximum absolute atomic E-state index is 14.9. The van der Waals surface area contributed by atoms with E-state index in [2.05, 4.69) is 5.32 Å². The van der Waals surface area contributed by atoms with E-state index in [9.17, 15) is 26.8 Å². The van der Waals surface area contributed by atoms with Crippen LogP contribution >= 0.6 is 0 Å². The SMILES string of the molecule is Cn1cc2c3c(c(C(N)=O)n(-c4ccc(F)cc4F)c3c1=O)CNc1ccc(CS(C)(=O)=O)cc1-2. The first-order valence-electron chi connectivity index (χ1n) is 10.5. The summed E-state index contributed by atoms with van der Waals surface area (Å²) < 4.78 is 54.7. The Balaban J connectivity index is 1.94. The Morgan fingerprint density at radius 1 is 1.14 bits per heavy atom. The van der Waals surface area contributed by atoms with Gasteiger partial charge in [0.05, 0.1) is 11.4 Å². The number of halogens is 2. The molecular formula is C24H20F2N4O4S. The Morgan fingerprint density at radius 2 is 1.89 bits per heavy atom. The molecule has 35 heavy (non-hydrogen) atoms. The first kappa shape index (κ1) is 22.8. The summed E-state index contributed by atoms with van der Waals surface area (Å²) in [5.41, 5.74) is 7.64. The summed E-state index contributed by atoms with van der Waals surface area (Å²) in [5, 5.41) is 3.59. The van der Waals surface area contributed by atoms with Crippen molar-refractivity contribution in [3.8, 4) is 16.8 Å². The molecule has 0 unspecified atom stereocenters. The highest BCUT2D eigenvalue weighted by atomic mass is 32.2. The van der Waals surface area contributed by atoms with Crippen LogP contribution in [0.3, 0.4) is 0 Å². The number of amides is 1. The highest BCUT2D eigenvalue weighted by molar-refractivity contribution is 7.89. The Hall–Kier alpha value is -3.99. The number of hydrogen-bond donors (Lipinski definition) is 2. The molecule has 0 aliphatic carbocycles. The number of aromatic nitrogens is 2. The van der Waals surface area contributed by atoms with Crippen LogP contribution in [0.1, 0.15) is 21.6 Å². The van der Waals surface area contributed by atoms with Gasteiger partial charge in [-0.25, -0.2) is 17.2 Å². The van der Waals surface area contributed by atoms with Crippen molar-refractivity contribution in [1.82, 2.24) is 9.13 Å². The third kappa shape index (κ3) is 3.68. The van der Waals surface area contributed by atoms with E-state index in [4.69, 9.17) is 5.73 Å². The molecule has 4 aromatic rings. The summed E-state index contributed by atoms with van der Waals surface area (Å²) in [7, 11) is -1.80. The van der Waals surface area contributed by atoms with E-state index >= 15 is 0 Å². The number of anilines is 1. The number of nitrogens with two attached hydrogens (primary N) is 1. The number of fused-ring (bicyclic) bond motifs is 2. The number of sulfone groups is 1. The summed E-state index contributed by atoms with van der Waals surface area (Å²) in [4.78, 5) is 26.0. The average Bonchev–Trinajstić information content (AvgIpc) is 3.01.